The largest absolute Gasteiger partial charge is 0.489 e. The average molecular weight is 317 g/mol. The number of hydrogen-bond acceptors (Lipinski definition) is 4. The summed E-state index contributed by atoms with van der Waals surface area (Å²) in [5.74, 6) is 0.532. The summed E-state index contributed by atoms with van der Waals surface area (Å²) in [6.07, 6.45) is 2.70. The number of urea groups is 1. The van der Waals surface area contributed by atoms with Crippen molar-refractivity contribution in [3.63, 3.8) is 0 Å². The van der Waals surface area contributed by atoms with Gasteiger partial charge >= 0.3 is 6.03 Å². The fraction of sp³-hybridized carbons (Fsp3) is 0.529. The lowest BCUT2D eigenvalue weighted by Gasteiger charge is -2.34. The van der Waals surface area contributed by atoms with Crippen molar-refractivity contribution >= 4 is 11.7 Å². The molecule has 1 aliphatic rings. The van der Waals surface area contributed by atoms with E-state index in [0.29, 0.717) is 23.5 Å². The van der Waals surface area contributed by atoms with Gasteiger partial charge < -0.3 is 20.1 Å². The average Bonchev–Trinajstić information content (AvgIpc) is 2.55. The number of nitrogens with one attached hydrogen (secondary N) is 1. The van der Waals surface area contributed by atoms with Gasteiger partial charge in [-0.25, -0.2) is 4.79 Å². The second-order valence-corrected chi connectivity index (χ2v) is 5.95. The molecule has 23 heavy (non-hydrogen) atoms. The van der Waals surface area contributed by atoms with E-state index in [1.165, 1.54) is 0 Å². The molecule has 1 aromatic carbocycles. The number of nitriles is 1. The van der Waals surface area contributed by atoms with Gasteiger partial charge in [0.25, 0.3) is 0 Å². The number of ether oxygens (including phenoxy) is 1. The van der Waals surface area contributed by atoms with E-state index in [1.807, 2.05) is 13.8 Å². The third-order valence-electron chi connectivity index (χ3n) is 3.81. The van der Waals surface area contributed by atoms with Gasteiger partial charge in [-0.3, -0.25) is 0 Å². The third kappa shape index (κ3) is 4.36. The molecule has 2 rings (SSSR count). The number of amides is 2. The van der Waals surface area contributed by atoms with Crippen LogP contribution in [0, 0.1) is 11.3 Å². The van der Waals surface area contributed by atoms with Gasteiger partial charge in [-0.05, 0) is 51.3 Å². The minimum absolute atomic E-state index is 0.0407. The first-order valence-electron chi connectivity index (χ1n) is 7.94. The van der Waals surface area contributed by atoms with Crippen molar-refractivity contribution in [2.24, 2.45) is 0 Å². The first-order valence-corrected chi connectivity index (χ1v) is 7.94. The van der Waals surface area contributed by atoms with Gasteiger partial charge in [0.2, 0.25) is 0 Å². The number of anilines is 1. The van der Waals surface area contributed by atoms with Crippen LogP contribution in [-0.2, 0) is 0 Å². The fourth-order valence-corrected chi connectivity index (χ4v) is 2.70. The molecule has 1 saturated heterocycles. The predicted octanol–water partition coefficient (Wildman–Crippen LogP) is 2.72. The van der Waals surface area contributed by atoms with Crippen LogP contribution in [0.5, 0.6) is 5.75 Å². The highest BCUT2D eigenvalue weighted by molar-refractivity contribution is 5.91. The third-order valence-corrected chi connectivity index (χ3v) is 3.81. The molecule has 1 fully saturated rings. The molecule has 0 saturated carbocycles. The van der Waals surface area contributed by atoms with E-state index in [9.17, 15) is 9.90 Å². The monoisotopic (exact) mass is 317 g/mol. The first-order chi connectivity index (χ1) is 11.0. The minimum atomic E-state index is -0.271. The van der Waals surface area contributed by atoms with Crippen LogP contribution in [-0.4, -0.2) is 41.3 Å². The summed E-state index contributed by atoms with van der Waals surface area (Å²) in [7, 11) is 0. The molecule has 1 aromatic rings. The Kier molecular flexibility index (Phi) is 5.83. The SMILES string of the molecule is CC(C)Oc1ccc(C#N)cc1NC(=O)N1CCCCC1CO. The smallest absolute Gasteiger partial charge is 0.322 e. The number of aliphatic hydroxyl groups is 1. The highest BCUT2D eigenvalue weighted by Crippen LogP contribution is 2.28. The molecule has 0 bridgehead atoms. The van der Waals surface area contributed by atoms with Crippen LogP contribution in [0.3, 0.4) is 0 Å². The standard InChI is InChI=1S/C17H23N3O3/c1-12(2)23-16-7-6-13(10-18)9-15(16)19-17(22)20-8-4-3-5-14(20)11-21/h6-7,9,12,14,21H,3-5,8,11H2,1-2H3,(H,19,22). The number of benzene rings is 1. The topological polar surface area (TPSA) is 85.6 Å². The second-order valence-electron chi connectivity index (χ2n) is 5.95. The first kappa shape index (κ1) is 17.1. The second kappa shape index (κ2) is 7.84. The maximum atomic E-state index is 12.5. The van der Waals surface area contributed by atoms with Crippen LogP contribution in [0.1, 0.15) is 38.7 Å². The van der Waals surface area contributed by atoms with E-state index < -0.39 is 0 Å². The molecule has 124 valence electrons. The Labute approximate surface area is 136 Å². The van der Waals surface area contributed by atoms with Gasteiger partial charge in [0.15, 0.2) is 0 Å². The van der Waals surface area contributed by atoms with Gasteiger partial charge in [0, 0.05) is 6.54 Å². The van der Waals surface area contributed by atoms with Crippen LogP contribution >= 0.6 is 0 Å². The molecule has 0 aliphatic carbocycles. The zero-order valence-electron chi connectivity index (χ0n) is 13.6. The Bertz CT molecular complexity index is 595. The Hall–Kier alpha value is -2.26. The minimum Gasteiger partial charge on any atom is -0.489 e. The quantitative estimate of drug-likeness (QED) is 0.894. The van der Waals surface area contributed by atoms with Gasteiger partial charge in [0.05, 0.1) is 36.1 Å². The van der Waals surface area contributed by atoms with Crippen LogP contribution in [0.25, 0.3) is 0 Å². The number of carbonyl (C=O) groups is 1. The zero-order chi connectivity index (χ0) is 16.8. The summed E-state index contributed by atoms with van der Waals surface area (Å²) in [5, 5.41) is 21.3. The maximum absolute atomic E-state index is 12.5. The molecule has 6 heteroatoms. The summed E-state index contributed by atoms with van der Waals surface area (Å²) in [4.78, 5) is 14.2. The highest BCUT2D eigenvalue weighted by Gasteiger charge is 2.26. The molecule has 6 nitrogen and oxygen atoms in total. The van der Waals surface area contributed by atoms with Gasteiger partial charge in [-0.2, -0.15) is 5.26 Å². The van der Waals surface area contributed by atoms with Crippen molar-refractivity contribution in [1.82, 2.24) is 4.90 Å². The van der Waals surface area contributed by atoms with E-state index in [1.54, 1.807) is 23.1 Å². The maximum Gasteiger partial charge on any atom is 0.322 e. The molecule has 0 radical (unpaired) electrons. The predicted molar refractivity (Wildman–Crippen MR) is 87.4 cm³/mol. The van der Waals surface area contributed by atoms with Crippen LogP contribution in [0.4, 0.5) is 10.5 Å². The number of hydrogen-bond donors (Lipinski definition) is 2. The Morgan fingerprint density at radius 2 is 2.30 bits per heavy atom. The van der Waals surface area contributed by atoms with Crippen molar-refractivity contribution < 1.29 is 14.6 Å². The lowest BCUT2D eigenvalue weighted by atomic mass is 10.0. The van der Waals surface area contributed by atoms with E-state index in [2.05, 4.69) is 11.4 Å². The zero-order valence-corrected chi connectivity index (χ0v) is 13.6. The van der Waals surface area contributed by atoms with Crippen LogP contribution < -0.4 is 10.1 Å². The summed E-state index contributed by atoms with van der Waals surface area (Å²) >= 11 is 0. The van der Waals surface area contributed by atoms with Crippen molar-refractivity contribution in [2.75, 3.05) is 18.5 Å². The van der Waals surface area contributed by atoms with Gasteiger partial charge in [-0.1, -0.05) is 0 Å². The molecule has 1 unspecified atom stereocenters. The summed E-state index contributed by atoms with van der Waals surface area (Å²) < 4.78 is 5.69. The summed E-state index contributed by atoms with van der Waals surface area (Å²) in [6.45, 7) is 4.38. The molecule has 2 amide bonds. The van der Waals surface area contributed by atoms with E-state index >= 15 is 0 Å². The molecule has 0 spiro atoms. The van der Waals surface area contributed by atoms with Gasteiger partial charge in [-0.15, -0.1) is 0 Å². The Morgan fingerprint density at radius 3 is 2.96 bits per heavy atom. The van der Waals surface area contributed by atoms with Crippen molar-refractivity contribution in [2.45, 2.75) is 45.3 Å². The molecule has 0 aromatic heterocycles. The highest BCUT2D eigenvalue weighted by atomic mass is 16.5. The number of aliphatic hydroxyl groups excluding tert-OH is 1. The normalized spacial score (nSPS) is 17.7. The molecule has 1 atom stereocenters. The summed E-state index contributed by atoms with van der Waals surface area (Å²) in [6, 6.07) is 6.58. The molecule has 2 N–H and O–H groups in total. The van der Waals surface area contributed by atoms with Gasteiger partial charge in [0.1, 0.15) is 5.75 Å². The molecular formula is C17H23N3O3. The number of nitrogens with zero attached hydrogens (tertiary/aromatic N) is 2. The van der Waals surface area contributed by atoms with Crippen molar-refractivity contribution in [1.29, 1.82) is 5.26 Å². The molecule has 1 aliphatic heterocycles. The number of piperidine rings is 1. The number of rotatable bonds is 4. The lowest BCUT2D eigenvalue weighted by molar-refractivity contribution is 0.115. The Morgan fingerprint density at radius 1 is 1.52 bits per heavy atom. The van der Waals surface area contributed by atoms with Crippen LogP contribution in [0.15, 0.2) is 18.2 Å². The van der Waals surface area contributed by atoms with Crippen molar-refractivity contribution in [3.05, 3.63) is 23.8 Å². The molecule has 1 heterocycles. The summed E-state index contributed by atoms with van der Waals surface area (Å²) in [5.41, 5.74) is 0.929. The van der Waals surface area contributed by atoms with E-state index in [0.717, 1.165) is 19.3 Å². The number of likely N-dealkylation sites (tertiary alicyclic amines) is 1. The van der Waals surface area contributed by atoms with Crippen LogP contribution in [0.2, 0.25) is 0 Å². The molecular weight excluding hydrogens is 294 g/mol. The Balaban J connectivity index is 2.20. The lowest BCUT2D eigenvalue weighted by Crippen LogP contribution is -2.47. The van der Waals surface area contributed by atoms with Crippen molar-refractivity contribution in [3.8, 4) is 11.8 Å². The number of carbonyl (C=O) groups excluding carboxylic acids is 1. The van der Waals surface area contributed by atoms with E-state index in [-0.39, 0.29) is 24.8 Å². The fourth-order valence-electron chi connectivity index (χ4n) is 2.70. The van der Waals surface area contributed by atoms with E-state index in [4.69, 9.17) is 10.00 Å².